The van der Waals surface area contributed by atoms with Gasteiger partial charge in [-0.15, -0.1) is 0 Å². The standard InChI is InChI=1S/C16H24ClNO4/c17-13-1-3-16(4-2-13)22-10-9-21-12-15(20)11-18-7-5-14(19)6-8-18/h1-4,14-15,19-20H,5-12H2. The van der Waals surface area contributed by atoms with Crippen molar-refractivity contribution in [2.24, 2.45) is 0 Å². The monoisotopic (exact) mass is 329 g/mol. The second-order valence-corrected chi connectivity index (χ2v) is 6.00. The lowest BCUT2D eigenvalue weighted by atomic mass is 10.1. The lowest BCUT2D eigenvalue weighted by molar-refractivity contribution is -0.00351. The summed E-state index contributed by atoms with van der Waals surface area (Å²) in [5, 5.41) is 20.0. The minimum Gasteiger partial charge on any atom is -0.491 e. The fraction of sp³-hybridized carbons (Fsp3) is 0.625. The second-order valence-electron chi connectivity index (χ2n) is 5.56. The van der Waals surface area contributed by atoms with Crippen molar-refractivity contribution in [3.63, 3.8) is 0 Å². The van der Waals surface area contributed by atoms with Gasteiger partial charge >= 0.3 is 0 Å². The molecule has 2 N–H and O–H groups in total. The summed E-state index contributed by atoms with van der Waals surface area (Å²) in [7, 11) is 0. The number of aliphatic hydroxyl groups is 2. The van der Waals surface area contributed by atoms with Crippen LogP contribution in [0.25, 0.3) is 0 Å². The molecule has 6 heteroatoms. The molecule has 124 valence electrons. The van der Waals surface area contributed by atoms with Crippen LogP contribution < -0.4 is 4.74 Å². The SMILES string of the molecule is OC1CCN(CC(O)COCCOc2ccc(Cl)cc2)CC1. The fourth-order valence-corrected chi connectivity index (χ4v) is 2.55. The smallest absolute Gasteiger partial charge is 0.119 e. The molecule has 0 aliphatic carbocycles. The molecule has 1 fully saturated rings. The summed E-state index contributed by atoms with van der Waals surface area (Å²) in [5.41, 5.74) is 0. The number of benzene rings is 1. The van der Waals surface area contributed by atoms with Gasteiger partial charge in [-0.25, -0.2) is 0 Å². The highest BCUT2D eigenvalue weighted by Crippen LogP contribution is 2.15. The van der Waals surface area contributed by atoms with Gasteiger partial charge in [-0.1, -0.05) is 11.6 Å². The highest BCUT2D eigenvalue weighted by Gasteiger charge is 2.19. The van der Waals surface area contributed by atoms with E-state index < -0.39 is 6.10 Å². The first-order chi connectivity index (χ1) is 10.6. The molecule has 1 aliphatic rings. The first kappa shape index (κ1) is 17.5. The van der Waals surface area contributed by atoms with Crippen LogP contribution in [0, 0.1) is 0 Å². The zero-order valence-electron chi connectivity index (χ0n) is 12.7. The van der Waals surface area contributed by atoms with Gasteiger partial charge in [0.15, 0.2) is 0 Å². The molecule has 1 heterocycles. The van der Waals surface area contributed by atoms with E-state index in [4.69, 9.17) is 21.1 Å². The van der Waals surface area contributed by atoms with Crippen LogP contribution in [0.1, 0.15) is 12.8 Å². The molecule has 1 unspecified atom stereocenters. The highest BCUT2D eigenvalue weighted by molar-refractivity contribution is 6.30. The molecule has 1 saturated heterocycles. The van der Waals surface area contributed by atoms with E-state index in [1.165, 1.54) is 0 Å². The minimum atomic E-state index is -0.509. The number of nitrogens with zero attached hydrogens (tertiary/aromatic N) is 1. The molecule has 0 bridgehead atoms. The van der Waals surface area contributed by atoms with Gasteiger partial charge in [-0.05, 0) is 37.1 Å². The molecule has 22 heavy (non-hydrogen) atoms. The molecule has 1 aromatic carbocycles. The molecule has 2 rings (SSSR count). The van der Waals surface area contributed by atoms with E-state index >= 15 is 0 Å². The summed E-state index contributed by atoms with van der Waals surface area (Å²) < 4.78 is 10.9. The lowest BCUT2D eigenvalue weighted by Crippen LogP contribution is -2.41. The van der Waals surface area contributed by atoms with Crippen molar-refractivity contribution >= 4 is 11.6 Å². The van der Waals surface area contributed by atoms with E-state index in [2.05, 4.69) is 4.90 Å². The number of hydrogen-bond donors (Lipinski definition) is 2. The van der Waals surface area contributed by atoms with E-state index in [0.29, 0.717) is 31.4 Å². The molecule has 1 aromatic rings. The Labute approximate surface area is 136 Å². The number of ether oxygens (including phenoxy) is 2. The average molecular weight is 330 g/mol. The van der Waals surface area contributed by atoms with Crippen molar-refractivity contribution in [2.75, 3.05) is 39.5 Å². The summed E-state index contributed by atoms with van der Waals surface area (Å²) >= 11 is 5.79. The molecule has 0 spiro atoms. The van der Waals surface area contributed by atoms with Gasteiger partial charge < -0.3 is 24.6 Å². The van der Waals surface area contributed by atoms with Gasteiger partial charge in [0.25, 0.3) is 0 Å². The van der Waals surface area contributed by atoms with E-state index in [0.717, 1.165) is 31.7 Å². The maximum Gasteiger partial charge on any atom is 0.119 e. The van der Waals surface area contributed by atoms with Crippen molar-refractivity contribution in [1.82, 2.24) is 4.90 Å². The van der Waals surface area contributed by atoms with Gasteiger partial charge in [0.2, 0.25) is 0 Å². The molecule has 0 amide bonds. The molecule has 0 saturated carbocycles. The Hall–Kier alpha value is -0.850. The van der Waals surface area contributed by atoms with Crippen LogP contribution in [0.5, 0.6) is 5.75 Å². The van der Waals surface area contributed by atoms with Gasteiger partial charge in [0.05, 0.1) is 25.4 Å². The summed E-state index contributed by atoms with van der Waals surface area (Å²) in [5.74, 6) is 0.750. The molecule has 0 aromatic heterocycles. The van der Waals surface area contributed by atoms with Crippen LogP contribution in [0.3, 0.4) is 0 Å². The Morgan fingerprint density at radius 2 is 1.86 bits per heavy atom. The van der Waals surface area contributed by atoms with E-state index in [1.54, 1.807) is 12.1 Å². The zero-order chi connectivity index (χ0) is 15.8. The maximum absolute atomic E-state index is 9.93. The van der Waals surface area contributed by atoms with Crippen LogP contribution in [0.4, 0.5) is 0 Å². The van der Waals surface area contributed by atoms with Crippen molar-refractivity contribution in [2.45, 2.75) is 25.0 Å². The predicted octanol–water partition coefficient (Wildman–Crippen LogP) is 1.55. The Kier molecular flexibility index (Phi) is 7.42. The van der Waals surface area contributed by atoms with Crippen LogP contribution >= 0.6 is 11.6 Å². The Balaban J connectivity index is 1.51. The van der Waals surface area contributed by atoms with Gasteiger partial charge in [0, 0.05) is 24.7 Å². The minimum absolute atomic E-state index is 0.186. The highest BCUT2D eigenvalue weighted by atomic mass is 35.5. The topological polar surface area (TPSA) is 62.2 Å². The number of aliphatic hydroxyl groups excluding tert-OH is 2. The predicted molar refractivity (Wildman–Crippen MR) is 85.5 cm³/mol. The summed E-state index contributed by atoms with van der Waals surface area (Å²) in [4.78, 5) is 2.16. The van der Waals surface area contributed by atoms with E-state index in [-0.39, 0.29) is 6.10 Å². The van der Waals surface area contributed by atoms with Gasteiger partial charge in [-0.2, -0.15) is 0 Å². The molecule has 1 aliphatic heterocycles. The van der Waals surface area contributed by atoms with Crippen LogP contribution in [0.15, 0.2) is 24.3 Å². The molecular weight excluding hydrogens is 306 g/mol. The number of likely N-dealkylation sites (tertiary alicyclic amines) is 1. The quantitative estimate of drug-likeness (QED) is 0.709. The van der Waals surface area contributed by atoms with Crippen LogP contribution in [-0.2, 0) is 4.74 Å². The second kappa shape index (κ2) is 9.33. The molecule has 1 atom stereocenters. The van der Waals surface area contributed by atoms with Crippen molar-refractivity contribution in [3.05, 3.63) is 29.3 Å². The molecule has 0 radical (unpaired) electrons. The largest absolute Gasteiger partial charge is 0.491 e. The van der Waals surface area contributed by atoms with E-state index in [1.807, 2.05) is 12.1 Å². The van der Waals surface area contributed by atoms with Crippen LogP contribution in [-0.4, -0.2) is 66.8 Å². The summed E-state index contributed by atoms with van der Waals surface area (Å²) in [6.07, 6.45) is 0.866. The Bertz CT molecular complexity index is 421. The van der Waals surface area contributed by atoms with Crippen molar-refractivity contribution in [3.8, 4) is 5.75 Å². The maximum atomic E-state index is 9.93. The third kappa shape index (κ3) is 6.50. The van der Waals surface area contributed by atoms with Crippen LogP contribution in [0.2, 0.25) is 5.02 Å². The molecule has 5 nitrogen and oxygen atoms in total. The third-order valence-corrected chi connectivity index (χ3v) is 3.90. The number of rotatable bonds is 8. The van der Waals surface area contributed by atoms with Gasteiger partial charge in [-0.3, -0.25) is 0 Å². The first-order valence-electron chi connectivity index (χ1n) is 7.68. The first-order valence-corrected chi connectivity index (χ1v) is 8.06. The summed E-state index contributed by atoms with van der Waals surface area (Å²) in [6.45, 7) is 3.41. The average Bonchev–Trinajstić information content (AvgIpc) is 2.51. The number of halogens is 1. The Morgan fingerprint density at radius 3 is 2.55 bits per heavy atom. The van der Waals surface area contributed by atoms with Crippen molar-refractivity contribution in [1.29, 1.82) is 0 Å². The zero-order valence-corrected chi connectivity index (χ0v) is 13.4. The van der Waals surface area contributed by atoms with E-state index in [9.17, 15) is 10.2 Å². The number of β-amino-alcohol motifs (C(OH)–C–C–N with tert-alkyl or cyclic N) is 1. The number of piperidine rings is 1. The fourth-order valence-electron chi connectivity index (χ4n) is 2.42. The molecular formula is C16H24ClNO4. The van der Waals surface area contributed by atoms with Gasteiger partial charge in [0.1, 0.15) is 12.4 Å². The third-order valence-electron chi connectivity index (χ3n) is 3.65. The van der Waals surface area contributed by atoms with Crippen molar-refractivity contribution < 1.29 is 19.7 Å². The lowest BCUT2D eigenvalue weighted by Gasteiger charge is -2.30. The number of hydrogen-bond acceptors (Lipinski definition) is 5. The Morgan fingerprint density at radius 1 is 1.18 bits per heavy atom. The normalized spacial score (nSPS) is 18.3. The summed E-state index contributed by atoms with van der Waals surface area (Å²) in [6, 6.07) is 7.16.